The Morgan fingerprint density at radius 2 is 2.10 bits per heavy atom. The fraction of sp³-hybridized carbons (Fsp3) is 0. The van der Waals surface area contributed by atoms with Gasteiger partial charge < -0.3 is 5.73 Å². The third-order valence-corrected chi connectivity index (χ3v) is 2.45. The zero-order chi connectivity index (χ0) is 7.72. The maximum atomic E-state index is 5.63. The van der Waals surface area contributed by atoms with E-state index in [1.807, 2.05) is 22.6 Å². The zero-order valence-corrected chi connectivity index (χ0v) is 8.41. The number of hydrogen-bond acceptors (Lipinski definition) is 2. The van der Waals surface area contributed by atoms with Gasteiger partial charge in [-0.3, -0.25) is 0 Å². The fourth-order valence-corrected chi connectivity index (χ4v) is 1.37. The molecule has 0 bridgehead atoms. The van der Waals surface area contributed by atoms with Crippen LogP contribution < -0.4 is 5.73 Å². The standard InChI is InChI=1S/C5H3Cl2IN2/c6-2-1-3(8)5(9)10-4(2)7/h1H,(H2,9,10). The van der Waals surface area contributed by atoms with Crippen molar-refractivity contribution in [3.05, 3.63) is 19.8 Å². The molecule has 0 aliphatic rings. The van der Waals surface area contributed by atoms with E-state index in [1.54, 1.807) is 6.07 Å². The Bertz CT molecular complexity index is 214. The monoisotopic (exact) mass is 288 g/mol. The van der Waals surface area contributed by atoms with Crippen molar-refractivity contribution in [3.63, 3.8) is 0 Å². The van der Waals surface area contributed by atoms with Crippen molar-refractivity contribution in [2.24, 2.45) is 0 Å². The predicted octanol–water partition coefficient (Wildman–Crippen LogP) is 2.58. The summed E-state index contributed by atoms with van der Waals surface area (Å²) >= 11 is 13.2. The largest absolute Gasteiger partial charge is 0.383 e. The van der Waals surface area contributed by atoms with Crippen LogP contribution in [0.5, 0.6) is 0 Å². The van der Waals surface area contributed by atoms with Crippen LogP contribution in [0.25, 0.3) is 0 Å². The van der Waals surface area contributed by atoms with Gasteiger partial charge in [-0.05, 0) is 28.7 Å². The highest BCUT2D eigenvalue weighted by Gasteiger charge is 2.02. The topological polar surface area (TPSA) is 38.9 Å². The van der Waals surface area contributed by atoms with Gasteiger partial charge in [0, 0.05) is 0 Å². The lowest BCUT2D eigenvalue weighted by Gasteiger charge is -1.98. The van der Waals surface area contributed by atoms with Gasteiger partial charge in [0.2, 0.25) is 0 Å². The molecule has 0 fully saturated rings. The van der Waals surface area contributed by atoms with Crippen molar-refractivity contribution in [1.29, 1.82) is 0 Å². The summed E-state index contributed by atoms with van der Waals surface area (Å²) in [5.74, 6) is 0.412. The van der Waals surface area contributed by atoms with Crippen LogP contribution in [-0.2, 0) is 0 Å². The summed E-state index contributed by atoms with van der Waals surface area (Å²) in [7, 11) is 0. The average Bonchev–Trinajstić information content (AvgIpc) is 1.84. The SMILES string of the molecule is Nc1nc(Cl)c(Cl)cc1I. The number of nitrogens with two attached hydrogens (primary N) is 1. The molecule has 0 aliphatic carbocycles. The van der Waals surface area contributed by atoms with Crippen LogP contribution in [0, 0.1) is 3.57 Å². The summed E-state index contributed by atoms with van der Waals surface area (Å²) in [5.41, 5.74) is 5.43. The quantitative estimate of drug-likeness (QED) is 0.589. The van der Waals surface area contributed by atoms with E-state index in [2.05, 4.69) is 4.98 Å². The normalized spacial score (nSPS) is 9.90. The van der Waals surface area contributed by atoms with Gasteiger partial charge in [0.1, 0.15) is 11.0 Å². The number of hydrogen-bond donors (Lipinski definition) is 1. The molecular weight excluding hydrogens is 286 g/mol. The third kappa shape index (κ3) is 1.65. The van der Waals surface area contributed by atoms with Gasteiger partial charge in [0.05, 0.1) is 8.59 Å². The summed E-state index contributed by atoms with van der Waals surface area (Å²) in [5, 5.41) is 0.680. The van der Waals surface area contributed by atoms with Crippen molar-refractivity contribution in [1.82, 2.24) is 4.98 Å². The zero-order valence-electron chi connectivity index (χ0n) is 4.74. The Morgan fingerprint density at radius 3 is 2.60 bits per heavy atom. The van der Waals surface area contributed by atoms with E-state index in [0.717, 1.165) is 3.57 Å². The Morgan fingerprint density at radius 1 is 1.50 bits per heavy atom. The van der Waals surface area contributed by atoms with Gasteiger partial charge in [0.25, 0.3) is 0 Å². The average molecular weight is 289 g/mol. The lowest BCUT2D eigenvalue weighted by Crippen LogP contribution is -1.93. The van der Waals surface area contributed by atoms with Gasteiger partial charge >= 0.3 is 0 Å². The first-order chi connectivity index (χ1) is 4.61. The van der Waals surface area contributed by atoms with E-state index in [-0.39, 0.29) is 5.15 Å². The Labute approximate surface area is 81.9 Å². The van der Waals surface area contributed by atoms with E-state index < -0.39 is 0 Å². The van der Waals surface area contributed by atoms with E-state index in [1.165, 1.54) is 0 Å². The van der Waals surface area contributed by atoms with E-state index >= 15 is 0 Å². The van der Waals surface area contributed by atoms with Crippen LogP contribution in [0.1, 0.15) is 0 Å². The van der Waals surface area contributed by atoms with Gasteiger partial charge in [-0.1, -0.05) is 23.2 Å². The molecule has 0 saturated heterocycles. The molecular formula is C5H3Cl2IN2. The minimum atomic E-state index is 0.250. The van der Waals surface area contributed by atoms with Crippen molar-refractivity contribution in [3.8, 4) is 0 Å². The van der Waals surface area contributed by atoms with Crippen molar-refractivity contribution in [2.45, 2.75) is 0 Å². The molecule has 54 valence electrons. The molecule has 10 heavy (non-hydrogen) atoms. The molecule has 1 aromatic heterocycles. The first kappa shape index (κ1) is 8.36. The van der Waals surface area contributed by atoms with Crippen LogP contribution in [0.15, 0.2) is 6.07 Å². The summed E-state index contributed by atoms with van der Waals surface area (Å²) in [4.78, 5) is 3.78. The highest BCUT2D eigenvalue weighted by Crippen LogP contribution is 2.24. The van der Waals surface area contributed by atoms with Crippen LogP contribution in [0.4, 0.5) is 5.82 Å². The lowest BCUT2D eigenvalue weighted by atomic mass is 10.5. The lowest BCUT2D eigenvalue weighted by molar-refractivity contribution is 1.32. The highest BCUT2D eigenvalue weighted by atomic mass is 127. The first-order valence-corrected chi connectivity index (χ1v) is 4.21. The second-order valence-electron chi connectivity index (χ2n) is 1.63. The molecule has 0 aliphatic heterocycles. The van der Waals surface area contributed by atoms with Crippen LogP contribution >= 0.6 is 45.8 Å². The molecule has 0 saturated carbocycles. The molecule has 0 aromatic carbocycles. The van der Waals surface area contributed by atoms with Crippen LogP contribution in [0.2, 0.25) is 10.2 Å². The summed E-state index contributed by atoms with van der Waals surface area (Å²) in [6.45, 7) is 0. The van der Waals surface area contributed by atoms with E-state index in [0.29, 0.717) is 10.8 Å². The van der Waals surface area contributed by atoms with Crippen molar-refractivity contribution < 1.29 is 0 Å². The molecule has 0 atom stereocenters. The maximum absolute atomic E-state index is 5.63. The number of nitrogen functional groups attached to an aromatic ring is 1. The van der Waals surface area contributed by atoms with Gasteiger partial charge in [-0.2, -0.15) is 0 Å². The summed E-state index contributed by atoms with van der Waals surface area (Å²) < 4.78 is 0.812. The minimum Gasteiger partial charge on any atom is -0.383 e. The maximum Gasteiger partial charge on any atom is 0.150 e. The molecule has 0 radical (unpaired) electrons. The second kappa shape index (κ2) is 3.11. The molecule has 1 heterocycles. The van der Waals surface area contributed by atoms with Crippen molar-refractivity contribution in [2.75, 3.05) is 5.73 Å². The summed E-state index contributed by atoms with van der Waals surface area (Å²) in [6, 6.07) is 1.67. The molecule has 1 rings (SSSR count). The van der Waals surface area contributed by atoms with Crippen LogP contribution in [-0.4, -0.2) is 4.98 Å². The number of pyridine rings is 1. The number of nitrogens with zero attached hydrogens (tertiary/aromatic N) is 1. The van der Waals surface area contributed by atoms with Gasteiger partial charge in [-0.15, -0.1) is 0 Å². The Hall–Kier alpha value is 0.260. The number of rotatable bonds is 0. The van der Waals surface area contributed by atoms with E-state index in [4.69, 9.17) is 28.9 Å². The molecule has 0 unspecified atom stereocenters. The number of aromatic nitrogens is 1. The molecule has 0 spiro atoms. The molecule has 2 N–H and O–H groups in total. The first-order valence-electron chi connectivity index (χ1n) is 2.38. The number of halogens is 3. The summed E-state index contributed by atoms with van der Waals surface area (Å²) in [6.07, 6.45) is 0. The Balaban J connectivity index is 3.28. The predicted molar refractivity (Wildman–Crippen MR) is 51.4 cm³/mol. The van der Waals surface area contributed by atoms with Gasteiger partial charge in [0.15, 0.2) is 0 Å². The minimum absolute atomic E-state index is 0.250. The van der Waals surface area contributed by atoms with Crippen LogP contribution in [0.3, 0.4) is 0 Å². The molecule has 0 amide bonds. The number of anilines is 1. The fourth-order valence-electron chi connectivity index (χ4n) is 0.457. The van der Waals surface area contributed by atoms with E-state index in [9.17, 15) is 0 Å². The molecule has 1 aromatic rings. The molecule has 2 nitrogen and oxygen atoms in total. The van der Waals surface area contributed by atoms with Crippen molar-refractivity contribution >= 4 is 51.6 Å². The van der Waals surface area contributed by atoms with Gasteiger partial charge in [-0.25, -0.2) is 4.98 Å². The Kier molecular flexibility index (Phi) is 2.60. The second-order valence-corrected chi connectivity index (χ2v) is 3.56. The smallest absolute Gasteiger partial charge is 0.150 e. The molecule has 5 heteroatoms. The third-order valence-electron chi connectivity index (χ3n) is 0.914. The highest BCUT2D eigenvalue weighted by molar-refractivity contribution is 14.1.